The third-order valence-electron chi connectivity index (χ3n) is 4.60. The van der Waals surface area contributed by atoms with E-state index in [9.17, 15) is 4.79 Å². The molecule has 0 aliphatic carbocycles. The van der Waals surface area contributed by atoms with E-state index in [1.54, 1.807) is 18.2 Å². The van der Waals surface area contributed by atoms with E-state index in [0.717, 1.165) is 44.1 Å². The number of likely N-dealkylation sites (N-methyl/N-ethyl adjacent to an activating group) is 1. The van der Waals surface area contributed by atoms with Crippen LogP contribution in [-0.2, 0) is 4.79 Å². The van der Waals surface area contributed by atoms with Gasteiger partial charge in [-0.25, -0.2) is 0 Å². The predicted molar refractivity (Wildman–Crippen MR) is 111 cm³/mol. The first kappa shape index (κ1) is 19.8. The fraction of sp³-hybridized carbons (Fsp3) is 0.350. The quantitative estimate of drug-likeness (QED) is 0.780. The Balaban J connectivity index is 1.60. The molecule has 1 amide bonds. The summed E-state index contributed by atoms with van der Waals surface area (Å²) in [4.78, 5) is 17.1. The van der Waals surface area contributed by atoms with Crippen LogP contribution in [0.4, 0.5) is 11.4 Å². The highest BCUT2D eigenvalue weighted by molar-refractivity contribution is 6.42. The number of anilines is 2. The van der Waals surface area contributed by atoms with Gasteiger partial charge in [0.15, 0.2) is 6.61 Å². The molecule has 1 heterocycles. The van der Waals surface area contributed by atoms with Gasteiger partial charge in [0, 0.05) is 32.2 Å². The van der Waals surface area contributed by atoms with Crippen molar-refractivity contribution in [1.29, 1.82) is 0 Å². The van der Waals surface area contributed by atoms with Crippen molar-refractivity contribution in [2.24, 2.45) is 0 Å². The molecule has 1 aliphatic rings. The molecule has 2 aromatic rings. The number of amides is 1. The van der Waals surface area contributed by atoms with E-state index in [1.807, 2.05) is 24.3 Å². The van der Waals surface area contributed by atoms with Crippen LogP contribution in [0.25, 0.3) is 0 Å². The van der Waals surface area contributed by atoms with E-state index < -0.39 is 0 Å². The molecular formula is C20H23Cl2N3O2. The Labute approximate surface area is 169 Å². The minimum absolute atomic E-state index is 0.101. The third-order valence-corrected chi connectivity index (χ3v) is 5.34. The number of piperazine rings is 1. The molecule has 0 bridgehead atoms. The molecule has 7 heteroatoms. The maximum atomic E-state index is 12.3. The van der Waals surface area contributed by atoms with Gasteiger partial charge in [-0.1, -0.05) is 42.3 Å². The number of ether oxygens (including phenoxy) is 1. The van der Waals surface area contributed by atoms with E-state index in [-0.39, 0.29) is 12.5 Å². The van der Waals surface area contributed by atoms with Crippen molar-refractivity contribution in [3.05, 3.63) is 52.5 Å². The zero-order chi connectivity index (χ0) is 19.2. The number of halogens is 2. The highest BCUT2D eigenvalue weighted by atomic mass is 35.5. The summed E-state index contributed by atoms with van der Waals surface area (Å²) in [5, 5.41) is 3.80. The molecule has 144 valence electrons. The summed E-state index contributed by atoms with van der Waals surface area (Å²) in [6.45, 7) is 7.09. The van der Waals surface area contributed by atoms with Gasteiger partial charge in [0.05, 0.1) is 21.4 Å². The standard InChI is InChI=1S/C20H23Cl2N3O2/c1-2-24-9-11-25(12-10-24)19-6-4-3-5-18(19)23-20(26)14-27-15-7-8-16(21)17(22)13-15/h3-8,13H,2,9-12,14H2,1H3,(H,23,26). The van der Waals surface area contributed by atoms with Crippen LogP contribution in [-0.4, -0.2) is 50.1 Å². The third kappa shape index (κ3) is 5.28. The Morgan fingerprint density at radius 2 is 1.81 bits per heavy atom. The van der Waals surface area contributed by atoms with Crippen LogP contribution in [0.5, 0.6) is 5.75 Å². The number of carbonyl (C=O) groups excluding carboxylic acids is 1. The second kappa shape index (κ2) is 9.31. The van der Waals surface area contributed by atoms with Gasteiger partial charge in [-0.05, 0) is 30.8 Å². The number of carbonyl (C=O) groups is 1. The van der Waals surface area contributed by atoms with Crippen LogP contribution >= 0.6 is 23.2 Å². The van der Waals surface area contributed by atoms with E-state index in [2.05, 4.69) is 22.0 Å². The van der Waals surface area contributed by atoms with Gasteiger partial charge in [0.25, 0.3) is 5.91 Å². The highest BCUT2D eigenvalue weighted by Crippen LogP contribution is 2.28. The van der Waals surface area contributed by atoms with Crippen LogP contribution in [0.3, 0.4) is 0 Å². The normalized spacial score (nSPS) is 14.9. The van der Waals surface area contributed by atoms with E-state index in [0.29, 0.717) is 15.8 Å². The van der Waals surface area contributed by atoms with Crippen molar-refractivity contribution in [3.8, 4) is 5.75 Å². The minimum atomic E-state index is -0.222. The molecule has 3 rings (SSSR count). The molecule has 1 N–H and O–H groups in total. The largest absolute Gasteiger partial charge is 0.484 e. The molecule has 0 atom stereocenters. The number of rotatable bonds is 6. The lowest BCUT2D eigenvalue weighted by atomic mass is 10.2. The van der Waals surface area contributed by atoms with Gasteiger partial charge in [-0.2, -0.15) is 0 Å². The van der Waals surface area contributed by atoms with Crippen molar-refractivity contribution in [3.63, 3.8) is 0 Å². The monoisotopic (exact) mass is 407 g/mol. The molecule has 0 spiro atoms. The van der Waals surface area contributed by atoms with Gasteiger partial charge >= 0.3 is 0 Å². The molecule has 0 aromatic heterocycles. The summed E-state index contributed by atoms with van der Waals surface area (Å²) in [6.07, 6.45) is 0. The maximum Gasteiger partial charge on any atom is 0.262 e. The maximum absolute atomic E-state index is 12.3. The second-order valence-corrected chi connectivity index (χ2v) is 7.17. The van der Waals surface area contributed by atoms with Gasteiger partial charge in [-0.3, -0.25) is 4.79 Å². The molecule has 5 nitrogen and oxygen atoms in total. The lowest BCUT2D eigenvalue weighted by Gasteiger charge is -2.36. The molecule has 0 radical (unpaired) electrons. The lowest BCUT2D eigenvalue weighted by molar-refractivity contribution is -0.118. The molecule has 1 aliphatic heterocycles. The Morgan fingerprint density at radius 1 is 1.07 bits per heavy atom. The van der Waals surface area contributed by atoms with Gasteiger partial charge in [0.2, 0.25) is 0 Å². The van der Waals surface area contributed by atoms with Crippen molar-refractivity contribution >= 4 is 40.5 Å². The van der Waals surface area contributed by atoms with Gasteiger partial charge < -0.3 is 19.9 Å². The van der Waals surface area contributed by atoms with Gasteiger partial charge in [-0.15, -0.1) is 0 Å². The Hall–Kier alpha value is -1.95. The second-order valence-electron chi connectivity index (χ2n) is 6.35. The van der Waals surface area contributed by atoms with E-state index >= 15 is 0 Å². The number of nitrogens with one attached hydrogen (secondary N) is 1. The zero-order valence-electron chi connectivity index (χ0n) is 15.3. The van der Waals surface area contributed by atoms with Crippen LogP contribution in [0.15, 0.2) is 42.5 Å². The number of hydrogen-bond acceptors (Lipinski definition) is 4. The van der Waals surface area contributed by atoms with Crippen molar-refractivity contribution < 1.29 is 9.53 Å². The molecule has 1 fully saturated rings. The van der Waals surface area contributed by atoms with E-state index in [4.69, 9.17) is 27.9 Å². The zero-order valence-corrected chi connectivity index (χ0v) is 16.8. The molecule has 1 saturated heterocycles. The van der Waals surface area contributed by atoms with Crippen LogP contribution in [0.2, 0.25) is 10.0 Å². The summed E-state index contributed by atoms with van der Waals surface area (Å²) >= 11 is 11.9. The fourth-order valence-corrected chi connectivity index (χ4v) is 3.35. The van der Waals surface area contributed by atoms with Crippen LogP contribution in [0, 0.1) is 0 Å². The lowest BCUT2D eigenvalue weighted by Crippen LogP contribution is -2.46. The van der Waals surface area contributed by atoms with Crippen LogP contribution in [0.1, 0.15) is 6.92 Å². The molecular weight excluding hydrogens is 385 g/mol. The fourth-order valence-electron chi connectivity index (χ4n) is 3.06. The predicted octanol–water partition coefficient (Wildman–Crippen LogP) is 4.15. The van der Waals surface area contributed by atoms with Crippen molar-refractivity contribution in [2.45, 2.75) is 6.92 Å². The molecule has 0 saturated carbocycles. The average molecular weight is 408 g/mol. The van der Waals surface area contributed by atoms with Crippen molar-refractivity contribution in [2.75, 3.05) is 49.5 Å². The number of hydrogen-bond donors (Lipinski definition) is 1. The van der Waals surface area contributed by atoms with Crippen LogP contribution < -0.4 is 15.0 Å². The first-order valence-corrected chi connectivity index (χ1v) is 9.76. The summed E-state index contributed by atoms with van der Waals surface area (Å²) in [5.41, 5.74) is 1.83. The topological polar surface area (TPSA) is 44.8 Å². The summed E-state index contributed by atoms with van der Waals surface area (Å²) in [5.74, 6) is 0.282. The first-order chi connectivity index (χ1) is 13.1. The number of benzene rings is 2. The average Bonchev–Trinajstić information content (AvgIpc) is 2.69. The minimum Gasteiger partial charge on any atom is -0.484 e. The summed E-state index contributed by atoms with van der Waals surface area (Å²) in [7, 11) is 0. The SMILES string of the molecule is CCN1CCN(c2ccccc2NC(=O)COc2ccc(Cl)c(Cl)c2)CC1. The van der Waals surface area contributed by atoms with Gasteiger partial charge in [0.1, 0.15) is 5.75 Å². The Bertz CT molecular complexity index is 793. The van der Waals surface area contributed by atoms with E-state index in [1.165, 1.54) is 0 Å². The molecule has 0 unspecified atom stereocenters. The number of nitrogens with zero attached hydrogens (tertiary/aromatic N) is 2. The first-order valence-electron chi connectivity index (χ1n) is 9.01. The Morgan fingerprint density at radius 3 is 2.52 bits per heavy atom. The highest BCUT2D eigenvalue weighted by Gasteiger charge is 2.18. The Kier molecular flexibility index (Phi) is 6.83. The smallest absolute Gasteiger partial charge is 0.262 e. The number of para-hydroxylation sites is 2. The summed E-state index contributed by atoms with van der Waals surface area (Å²) in [6, 6.07) is 12.8. The van der Waals surface area contributed by atoms with Crippen molar-refractivity contribution in [1.82, 2.24) is 4.90 Å². The summed E-state index contributed by atoms with van der Waals surface area (Å²) < 4.78 is 5.51. The molecule has 27 heavy (non-hydrogen) atoms. The molecule has 2 aromatic carbocycles.